The molecule has 0 radical (unpaired) electrons. The molecular weight excluding hydrogens is 757 g/mol. The highest BCUT2D eigenvalue weighted by atomic mass is 16.6. The molecule has 0 amide bonds. The van der Waals surface area contributed by atoms with Crippen molar-refractivity contribution in [3.8, 4) is 0 Å². The summed E-state index contributed by atoms with van der Waals surface area (Å²) in [6.07, 6.45) is 64.0. The van der Waals surface area contributed by atoms with Crippen molar-refractivity contribution < 1.29 is 28.6 Å². The predicted octanol–water partition coefficient (Wildman–Crippen LogP) is 16.2. The first kappa shape index (κ1) is 57.3. The molecule has 0 heterocycles. The first-order chi connectivity index (χ1) is 30.0. The fraction of sp³-hybridized carbons (Fsp3) is 0.655. The first-order valence-corrected chi connectivity index (χ1v) is 24.7. The third-order valence-electron chi connectivity index (χ3n) is 10.1. The van der Waals surface area contributed by atoms with Crippen LogP contribution in [0.15, 0.2) is 97.2 Å². The summed E-state index contributed by atoms with van der Waals surface area (Å²) in [5, 5.41) is 0. The quantitative estimate of drug-likeness (QED) is 0.0263. The lowest BCUT2D eigenvalue weighted by molar-refractivity contribution is -0.167. The Morgan fingerprint density at radius 3 is 1.00 bits per heavy atom. The van der Waals surface area contributed by atoms with Crippen LogP contribution in [0.4, 0.5) is 0 Å². The van der Waals surface area contributed by atoms with E-state index in [1.807, 2.05) is 0 Å². The van der Waals surface area contributed by atoms with Crippen LogP contribution in [0.5, 0.6) is 0 Å². The minimum absolute atomic E-state index is 0.0931. The average Bonchev–Trinajstić information content (AvgIpc) is 3.26. The van der Waals surface area contributed by atoms with Gasteiger partial charge in [0.05, 0.1) is 0 Å². The number of esters is 3. The fourth-order valence-electron chi connectivity index (χ4n) is 6.42. The van der Waals surface area contributed by atoms with Gasteiger partial charge >= 0.3 is 17.9 Å². The number of hydrogen-bond donors (Lipinski definition) is 0. The molecule has 6 nitrogen and oxygen atoms in total. The molecule has 0 aliphatic rings. The van der Waals surface area contributed by atoms with E-state index >= 15 is 0 Å². The Bertz CT molecular complexity index is 1250. The van der Waals surface area contributed by atoms with Crippen LogP contribution in [0.3, 0.4) is 0 Å². The van der Waals surface area contributed by atoms with Crippen LogP contribution >= 0.6 is 0 Å². The van der Waals surface area contributed by atoms with Crippen LogP contribution in [0.25, 0.3) is 0 Å². The first-order valence-electron chi connectivity index (χ1n) is 24.7. The molecule has 0 fully saturated rings. The second kappa shape index (κ2) is 49.0. The lowest BCUT2D eigenvalue weighted by Gasteiger charge is -2.18. The number of carbonyl (C=O) groups excluding carboxylic acids is 3. The van der Waals surface area contributed by atoms with E-state index in [1.165, 1.54) is 38.5 Å². The van der Waals surface area contributed by atoms with E-state index in [9.17, 15) is 14.4 Å². The van der Waals surface area contributed by atoms with E-state index in [0.29, 0.717) is 19.3 Å². The Kier molecular flexibility index (Phi) is 46.0. The maximum absolute atomic E-state index is 12.7. The van der Waals surface area contributed by atoms with Crippen molar-refractivity contribution in [2.45, 2.75) is 219 Å². The number of allylic oxidation sites excluding steroid dienone is 16. The van der Waals surface area contributed by atoms with E-state index in [2.05, 4.69) is 118 Å². The molecule has 0 aromatic carbocycles. The zero-order chi connectivity index (χ0) is 44.4. The smallest absolute Gasteiger partial charge is 0.306 e. The van der Waals surface area contributed by atoms with E-state index in [-0.39, 0.29) is 31.1 Å². The summed E-state index contributed by atoms with van der Waals surface area (Å²) in [5.41, 5.74) is 0. The molecule has 0 saturated carbocycles. The summed E-state index contributed by atoms with van der Waals surface area (Å²) >= 11 is 0. The van der Waals surface area contributed by atoms with Crippen LogP contribution in [-0.2, 0) is 28.6 Å². The molecule has 0 saturated heterocycles. The van der Waals surface area contributed by atoms with Crippen LogP contribution < -0.4 is 0 Å². The van der Waals surface area contributed by atoms with Crippen LogP contribution in [0.1, 0.15) is 213 Å². The van der Waals surface area contributed by atoms with E-state index in [0.717, 1.165) is 135 Å². The van der Waals surface area contributed by atoms with Gasteiger partial charge in [0, 0.05) is 19.3 Å². The van der Waals surface area contributed by atoms with Crippen molar-refractivity contribution in [1.29, 1.82) is 0 Å². The van der Waals surface area contributed by atoms with Crippen molar-refractivity contribution in [2.75, 3.05) is 13.2 Å². The molecule has 0 aliphatic heterocycles. The Hall–Kier alpha value is -3.67. The third-order valence-corrected chi connectivity index (χ3v) is 10.1. The number of unbranched alkanes of at least 4 members (excludes halogenated alkanes) is 16. The van der Waals surface area contributed by atoms with E-state index < -0.39 is 6.10 Å². The third kappa shape index (κ3) is 47.2. The lowest BCUT2D eigenvalue weighted by atomic mass is 10.1. The van der Waals surface area contributed by atoms with Crippen LogP contribution in [-0.4, -0.2) is 37.2 Å². The van der Waals surface area contributed by atoms with Crippen molar-refractivity contribution in [1.82, 2.24) is 0 Å². The number of rotatable bonds is 43. The van der Waals surface area contributed by atoms with Gasteiger partial charge in [-0.05, 0) is 96.3 Å². The number of ether oxygens (including phenoxy) is 3. The highest BCUT2D eigenvalue weighted by Gasteiger charge is 2.19. The van der Waals surface area contributed by atoms with E-state index in [1.54, 1.807) is 0 Å². The maximum Gasteiger partial charge on any atom is 0.306 e. The zero-order valence-electron chi connectivity index (χ0n) is 39.4. The van der Waals surface area contributed by atoms with Crippen molar-refractivity contribution >= 4 is 17.9 Å². The van der Waals surface area contributed by atoms with Gasteiger partial charge in [0.25, 0.3) is 0 Å². The normalized spacial score (nSPS) is 12.9. The van der Waals surface area contributed by atoms with Crippen LogP contribution in [0, 0.1) is 0 Å². The molecule has 0 aliphatic carbocycles. The molecule has 1 atom stereocenters. The van der Waals surface area contributed by atoms with Gasteiger partial charge in [-0.1, -0.05) is 195 Å². The van der Waals surface area contributed by atoms with Gasteiger partial charge in [0.15, 0.2) is 6.10 Å². The summed E-state index contributed by atoms with van der Waals surface area (Å²) in [7, 11) is 0. The molecule has 346 valence electrons. The standard InChI is InChI=1S/C55H90O6/c1-4-7-10-13-16-18-20-22-24-26-27-29-30-32-34-36-39-42-45-48-54(57)60-51-52(50-59-53(56)47-44-41-38-15-12-9-6-3)61-55(58)49-46-43-40-37-35-33-31-28-25-23-21-19-17-14-11-8-5-2/h7-8,10-11,16-19,22-25,27,29,31,33,52H,4-6,9,12-15,20-21,26,28,30,32,34-51H2,1-3H3/b10-7-,11-8-,18-16-,19-17-,24-22-,25-23-,29-27-,33-31-. The van der Waals surface area contributed by atoms with Crippen molar-refractivity contribution in [3.63, 3.8) is 0 Å². The molecule has 1 unspecified atom stereocenters. The molecule has 61 heavy (non-hydrogen) atoms. The molecule has 0 spiro atoms. The van der Waals surface area contributed by atoms with E-state index in [4.69, 9.17) is 14.2 Å². The molecule has 0 aromatic heterocycles. The Morgan fingerprint density at radius 1 is 0.344 bits per heavy atom. The molecule has 0 aromatic rings. The fourth-order valence-corrected chi connectivity index (χ4v) is 6.42. The van der Waals surface area contributed by atoms with Gasteiger partial charge in [0.1, 0.15) is 13.2 Å². The highest BCUT2D eigenvalue weighted by molar-refractivity contribution is 5.71. The summed E-state index contributed by atoms with van der Waals surface area (Å²) in [5.74, 6) is -0.944. The molecule has 0 bridgehead atoms. The summed E-state index contributed by atoms with van der Waals surface area (Å²) in [6.45, 7) is 6.32. The number of carbonyl (C=O) groups is 3. The Labute approximate surface area is 375 Å². The Balaban J connectivity index is 4.36. The number of hydrogen-bond acceptors (Lipinski definition) is 6. The van der Waals surface area contributed by atoms with Crippen molar-refractivity contribution in [3.05, 3.63) is 97.2 Å². The summed E-state index contributed by atoms with van der Waals surface area (Å²) < 4.78 is 16.7. The van der Waals surface area contributed by atoms with Gasteiger partial charge in [-0.15, -0.1) is 0 Å². The van der Waals surface area contributed by atoms with Gasteiger partial charge < -0.3 is 14.2 Å². The highest BCUT2D eigenvalue weighted by Crippen LogP contribution is 2.13. The van der Waals surface area contributed by atoms with Crippen molar-refractivity contribution in [2.24, 2.45) is 0 Å². The lowest BCUT2D eigenvalue weighted by Crippen LogP contribution is -2.30. The largest absolute Gasteiger partial charge is 0.462 e. The second-order valence-corrected chi connectivity index (χ2v) is 16.0. The topological polar surface area (TPSA) is 78.9 Å². The van der Waals surface area contributed by atoms with Crippen LogP contribution in [0.2, 0.25) is 0 Å². The zero-order valence-corrected chi connectivity index (χ0v) is 39.4. The van der Waals surface area contributed by atoms with Gasteiger partial charge in [-0.25, -0.2) is 0 Å². The Morgan fingerprint density at radius 2 is 0.639 bits per heavy atom. The molecule has 6 heteroatoms. The van der Waals surface area contributed by atoms with Gasteiger partial charge in [-0.3, -0.25) is 14.4 Å². The molecular formula is C55H90O6. The minimum atomic E-state index is -0.794. The monoisotopic (exact) mass is 847 g/mol. The van der Waals surface area contributed by atoms with Gasteiger partial charge in [0.2, 0.25) is 0 Å². The summed E-state index contributed by atoms with van der Waals surface area (Å²) in [6, 6.07) is 0. The molecule has 0 rings (SSSR count). The SMILES string of the molecule is CC/C=C\C/C=C\C/C=C\C/C=C\CCCCCCCCC(=O)OCC(COC(=O)CCCCCCCCC)OC(=O)CCCCCC/C=C\C/C=C\C/C=C\C/C=C\CC. The minimum Gasteiger partial charge on any atom is -0.462 e. The molecule has 0 N–H and O–H groups in total. The average molecular weight is 847 g/mol. The maximum atomic E-state index is 12.7. The predicted molar refractivity (Wildman–Crippen MR) is 260 cm³/mol. The van der Waals surface area contributed by atoms with Gasteiger partial charge in [-0.2, -0.15) is 0 Å². The second-order valence-electron chi connectivity index (χ2n) is 16.0. The summed E-state index contributed by atoms with van der Waals surface area (Å²) in [4.78, 5) is 37.8.